The Morgan fingerprint density at radius 1 is 1.39 bits per heavy atom. The smallest absolute Gasteiger partial charge is 0.239 e. The van der Waals surface area contributed by atoms with Crippen LogP contribution in [0, 0.1) is 0 Å². The summed E-state index contributed by atoms with van der Waals surface area (Å²) in [6, 6.07) is 7.68. The number of rotatable bonds is 6. The minimum atomic E-state index is -0.0383. The molecule has 0 aliphatic heterocycles. The van der Waals surface area contributed by atoms with Gasteiger partial charge in [0.2, 0.25) is 5.91 Å². The van der Waals surface area contributed by atoms with Crippen LogP contribution in [0.5, 0.6) is 0 Å². The van der Waals surface area contributed by atoms with Crippen molar-refractivity contribution in [3.63, 3.8) is 0 Å². The predicted octanol–water partition coefficient (Wildman–Crippen LogP) is 1.82. The molecule has 1 amide bonds. The van der Waals surface area contributed by atoms with Crippen LogP contribution < -0.4 is 10.6 Å². The van der Waals surface area contributed by atoms with E-state index in [1.54, 1.807) is 6.07 Å². The standard InChI is InChI=1S/C13H20ClN3O/c1-10(17(2)3)8-16-13(18)9-15-12-7-5-4-6-11(12)14/h4-7,10,15H,8-9H2,1-3H3,(H,16,18). The SMILES string of the molecule is CC(CNC(=O)CNc1ccccc1Cl)N(C)C. The molecule has 0 aliphatic rings. The number of nitrogens with zero attached hydrogens (tertiary/aromatic N) is 1. The van der Waals surface area contributed by atoms with E-state index in [2.05, 4.69) is 22.5 Å². The van der Waals surface area contributed by atoms with Crippen LogP contribution >= 0.6 is 11.6 Å². The van der Waals surface area contributed by atoms with Crippen molar-refractivity contribution in [3.05, 3.63) is 29.3 Å². The van der Waals surface area contributed by atoms with Crippen LogP contribution in [-0.4, -0.2) is 44.0 Å². The van der Waals surface area contributed by atoms with Crippen molar-refractivity contribution < 1.29 is 4.79 Å². The third-order valence-corrected chi connectivity index (χ3v) is 3.12. The average molecular weight is 270 g/mol. The molecular weight excluding hydrogens is 250 g/mol. The summed E-state index contributed by atoms with van der Waals surface area (Å²) in [5, 5.41) is 6.49. The number of hydrogen-bond acceptors (Lipinski definition) is 3. The molecule has 0 fully saturated rings. The molecule has 0 aliphatic carbocycles. The van der Waals surface area contributed by atoms with Gasteiger partial charge in [0.15, 0.2) is 0 Å². The van der Waals surface area contributed by atoms with Crippen LogP contribution in [-0.2, 0) is 4.79 Å². The van der Waals surface area contributed by atoms with Gasteiger partial charge in [-0.15, -0.1) is 0 Å². The monoisotopic (exact) mass is 269 g/mol. The van der Waals surface area contributed by atoms with Crippen LogP contribution in [0.4, 0.5) is 5.69 Å². The third-order valence-electron chi connectivity index (χ3n) is 2.79. The number of anilines is 1. The number of para-hydroxylation sites is 1. The van der Waals surface area contributed by atoms with Gasteiger partial charge in [0, 0.05) is 12.6 Å². The minimum absolute atomic E-state index is 0.0383. The molecule has 1 aromatic rings. The first kappa shape index (κ1) is 14.8. The lowest BCUT2D eigenvalue weighted by Crippen LogP contribution is -2.40. The highest BCUT2D eigenvalue weighted by Gasteiger charge is 2.07. The predicted molar refractivity (Wildman–Crippen MR) is 76.1 cm³/mol. The van der Waals surface area contributed by atoms with E-state index in [9.17, 15) is 4.79 Å². The van der Waals surface area contributed by atoms with Crippen LogP contribution in [0.15, 0.2) is 24.3 Å². The summed E-state index contributed by atoms with van der Waals surface area (Å²) in [7, 11) is 3.97. The van der Waals surface area contributed by atoms with Crippen LogP contribution in [0.25, 0.3) is 0 Å². The quantitative estimate of drug-likeness (QED) is 0.828. The van der Waals surface area contributed by atoms with Gasteiger partial charge in [0.1, 0.15) is 0 Å². The number of benzene rings is 1. The Morgan fingerprint density at radius 3 is 2.67 bits per heavy atom. The van der Waals surface area contributed by atoms with E-state index in [0.717, 1.165) is 5.69 Å². The summed E-state index contributed by atoms with van der Waals surface area (Å²) in [5.74, 6) is -0.0383. The van der Waals surface area contributed by atoms with E-state index in [0.29, 0.717) is 17.6 Å². The van der Waals surface area contributed by atoms with Crippen molar-refractivity contribution in [1.29, 1.82) is 0 Å². The maximum absolute atomic E-state index is 11.6. The van der Waals surface area contributed by atoms with Gasteiger partial charge >= 0.3 is 0 Å². The van der Waals surface area contributed by atoms with Gasteiger partial charge < -0.3 is 15.5 Å². The fourth-order valence-electron chi connectivity index (χ4n) is 1.29. The molecule has 1 aromatic carbocycles. The van der Waals surface area contributed by atoms with Crippen LogP contribution in [0.1, 0.15) is 6.92 Å². The second-order valence-corrected chi connectivity index (χ2v) is 4.86. The number of carbonyl (C=O) groups is 1. The van der Waals surface area contributed by atoms with Gasteiger partial charge in [-0.2, -0.15) is 0 Å². The Bertz CT molecular complexity index is 396. The maximum Gasteiger partial charge on any atom is 0.239 e. The van der Waals surface area contributed by atoms with E-state index in [4.69, 9.17) is 11.6 Å². The first-order valence-electron chi connectivity index (χ1n) is 5.92. The Morgan fingerprint density at radius 2 is 2.06 bits per heavy atom. The Hall–Kier alpha value is -1.26. The fourth-order valence-corrected chi connectivity index (χ4v) is 1.49. The van der Waals surface area contributed by atoms with Crippen molar-refractivity contribution in [2.45, 2.75) is 13.0 Å². The summed E-state index contributed by atoms with van der Waals surface area (Å²) < 4.78 is 0. The molecule has 5 heteroatoms. The lowest BCUT2D eigenvalue weighted by Gasteiger charge is -2.20. The molecule has 2 N–H and O–H groups in total. The average Bonchev–Trinajstić information content (AvgIpc) is 2.34. The van der Waals surface area contributed by atoms with Crippen molar-refractivity contribution in [2.75, 3.05) is 32.5 Å². The molecule has 0 saturated heterocycles. The molecule has 0 bridgehead atoms. The van der Waals surface area contributed by atoms with Gasteiger partial charge in [-0.3, -0.25) is 4.79 Å². The molecular formula is C13H20ClN3O. The molecule has 0 heterocycles. The number of halogens is 1. The number of hydrogen-bond donors (Lipinski definition) is 2. The first-order valence-corrected chi connectivity index (χ1v) is 6.30. The molecule has 0 aromatic heterocycles. The van der Waals surface area contributed by atoms with Crippen molar-refractivity contribution in [1.82, 2.24) is 10.2 Å². The summed E-state index contributed by atoms with van der Waals surface area (Å²) in [6.45, 7) is 2.92. The van der Waals surface area contributed by atoms with Crippen LogP contribution in [0.3, 0.4) is 0 Å². The van der Waals surface area contributed by atoms with Gasteiger partial charge in [-0.05, 0) is 33.2 Å². The van der Waals surface area contributed by atoms with E-state index < -0.39 is 0 Å². The second-order valence-electron chi connectivity index (χ2n) is 4.45. The summed E-state index contributed by atoms with van der Waals surface area (Å²) in [4.78, 5) is 13.7. The highest BCUT2D eigenvalue weighted by molar-refractivity contribution is 6.33. The highest BCUT2D eigenvalue weighted by atomic mass is 35.5. The minimum Gasteiger partial charge on any atom is -0.375 e. The highest BCUT2D eigenvalue weighted by Crippen LogP contribution is 2.19. The van der Waals surface area contributed by atoms with Crippen molar-refractivity contribution >= 4 is 23.2 Å². The summed E-state index contributed by atoms with van der Waals surface area (Å²) >= 11 is 5.98. The molecule has 1 unspecified atom stereocenters. The normalized spacial score (nSPS) is 12.3. The topological polar surface area (TPSA) is 44.4 Å². The third kappa shape index (κ3) is 4.94. The van der Waals surface area contributed by atoms with Gasteiger partial charge in [0.05, 0.1) is 17.3 Å². The maximum atomic E-state index is 11.6. The van der Waals surface area contributed by atoms with Gasteiger partial charge in [-0.1, -0.05) is 23.7 Å². The second kappa shape index (κ2) is 7.24. The van der Waals surface area contributed by atoms with E-state index >= 15 is 0 Å². The lowest BCUT2D eigenvalue weighted by molar-refractivity contribution is -0.119. The molecule has 18 heavy (non-hydrogen) atoms. The summed E-state index contributed by atoms with van der Waals surface area (Å²) in [5.41, 5.74) is 0.773. The number of likely N-dealkylation sites (N-methyl/N-ethyl adjacent to an activating group) is 1. The zero-order valence-corrected chi connectivity index (χ0v) is 11.8. The Labute approximate surface area is 113 Å². The van der Waals surface area contributed by atoms with Crippen molar-refractivity contribution in [3.8, 4) is 0 Å². The molecule has 0 saturated carbocycles. The molecule has 100 valence electrons. The van der Waals surface area contributed by atoms with Gasteiger partial charge in [0.25, 0.3) is 0 Å². The number of nitrogens with one attached hydrogen (secondary N) is 2. The van der Waals surface area contributed by atoms with Crippen LogP contribution in [0.2, 0.25) is 5.02 Å². The first-order chi connectivity index (χ1) is 8.50. The Balaban J connectivity index is 2.32. The number of carbonyl (C=O) groups excluding carboxylic acids is 1. The largest absolute Gasteiger partial charge is 0.375 e. The Kier molecular flexibility index (Phi) is 5.95. The summed E-state index contributed by atoms with van der Waals surface area (Å²) in [6.07, 6.45) is 0. The molecule has 1 atom stereocenters. The van der Waals surface area contributed by atoms with E-state index in [1.807, 2.05) is 32.3 Å². The van der Waals surface area contributed by atoms with Gasteiger partial charge in [-0.25, -0.2) is 0 Å². The fraction of sp³-hybridized carbons (Fsp3) is 0.462. The molecule has 0 radical (unpaired) electrons. The zero-order valence-electron chi connectivity index (χ0n) is 11.0. The number of amides is 1. The van der Waals surface area contributed by atoms with E-state index in [-0.39, 0.29) is 12.5 Å². The molecule has 4 nitrogen and oxygen atoms in total. The zero-order chi connectivity index (χ0) is 13.5. The molecule has 1 rings (SSSR count). The van der Waals surface area contributed by atoms with Crippen molar-refractivity contribution in [2.24, 2.45) is 0 Å². The lowest BCUT2D eigenvalue weighted by atomic mass is 10.3. The van der Waals surface area contributed by atoms with E-state index in [1.165, 1.54) is 0 Å². The molecule has 0 spiro atoms.